The Hall–Kier alpha value is -1.53. The average molecular weight is 351 g/mol. The van der Waals surface area contributed by atoms with Crippen LogP contribution in [-0.4, -0.2) is 54.7 Å². The van der Waals surface area contributed by atoms with Crippen molar-refractivity contribution in [1.29, 1.82) is 0 Å². The van der Waals surface area contributed by atoms with Crippen molar-refractivity contribution >= 4 is 5.96 Å². The van der Waals surface area contributed by atoms with Gasteiger partial charge >= 0.3 is 0 Å². The number of hydrogen-bond acceptors (Lipinski definition) is 4. The third-order valence-corrected chi connectivity index (χ3v) is 4.92. The van der Waals surface area contributed by atoms with Crippen LogP contribution in [0.25, 0.3) is 0 Å². The normalized spacial score (nSPS) is 21.4. The van der Waals surface area contributed by atoms with Crippen LogP contribution in [0.5, 0.6) is 0 Å². The second-order valence-electron chi connectivity index (χ2n) is 7.10. The largest absolute Gasteiger partial charge is 0.466 e. The molecule has 3 N–H and O–H groups in total. The summed E-state index contributed by atoms with van der Waals surface area (Å²) >= 11 is 0. The van der Waals surface area contributed by atoms with Crippen molar-refractivity contribution in [3.63, 3.8) is 0 Å². The minimum Gasteiger partial charge on any atom is -0.466 e. The van der Waals surface area contributed by atoms with E-state index in [1.165, 1.54) is 19.4 Å². The summed E-state index contributed by atoms with van der Waals surface area (Å²) in [7, 11) is 0. The van der Waals surface area contributed by atoms with Gasteiger partial charge in [0.05, 0.1) is 6.54 Å². The van der Waals surface area contributed by atoms with Gasteiger partial charge in [-0.1, -0.05) is 6.92 Å². The van der Waals surface area contributed by atoms with Gasteiger partial charge in [0, 0.05) is 24.7 Å². The molecule has 1 aliphatic heterocycles. The number of nitrogens with zero attached hydrogens (tertiary/aromatic N) is 2. The fourth-order valence-corrected chi connectivity index (χ4v) is 3.58. The summed E-state index contributed by atoms with van der Waals surface area (Å²) in [4.78, 5) is 7.11. The van der Waals surface area contributed by atoms with Gasteiger partial charge in [0.1, 0.15) is 17.1 Å². The molecule has 0 saturated carbocycles. The van der Waals surface area contributed by atoms with E-state index in [4.69, 9.17) is 4.42 Å². The number of rotatable bonds is 7. The van der Waals surface area contributed by atoms with E-state index in [0.29, 0.717) is 6.04 Å². The van der Waals surface area contributed by atoms with Crippen molar-refractivity contribution in [2.45, 2.75) is 59.1 Å². The van der Waals surface area contributed by atoms with Crippen LogP contribution in [0.1, 0.15) is 50.7 Å². The smallest absolute Gasteiger partial charge is 0.191 e. The van der Waals surface area contributed by atoms with Crippen molar-refractivity contribution in [3.05, 3.63) is 23.2 Å². The van der Waals surface area contributed by atoms with E-state index >= 15 is 0 Å². The summed E-state index contributed by atoms with van der Waals surface area (Å²) in [5.41, 5.74) is -0.245. The van der Waals surface area contributed by atoms with Crippen LogP contribution in [0.15, 0.2) is 15.5 Å². The number of furan rings is 1. The number of likely N-dealkylation sites (N-methyl/N-ethyl adjacent to an activating group) is 1. The molecule has 0 spiro atoms. The molecule has 1 aliphatic rings. The molecule has 1 saturated heterocycles. The molecule has 142 valence electrons. The van der Waals surface area contributed by atoms with Crippen LogP contribution in [0.3, 0.4) is 0 Å². The van der Waals surface area contributed by atoms with Crippen molar-refractivity contribution in [2.24, 2.45) is 4.99 Å². The maximum atomic E-state index is 10.8. The molecule has 0 amide bonds. The molecule has 0 radical (unpaired) electrons. The van der Waals surface area contributed by atoms with Gasteiger partial charge in [0.25, 0.3) is 0 Å². The second kappa shape index (κ2) is 8.72. The van der Waals surface area contributed by atoms with Crippen LogP contribution in [0.2, 0.25) is 0 Å². The molecule has 25 heavy (non-hydrogen) atoms. The lowest BCUT2D eigenvalue weighted by Gasteiger charge is -2.25. The molecule has 0 aromatic carbocycles. The highest BCUT2D eigenvalue weighted by Gasteiger charge is 2.28. The molecule has 6 nitrogen and oxygen atoms in total. The number of aliphatic imine (C=N–C) groups is 1. The number of likely N-dealkylation sites (tertiary alicyclic amines) is 1. The third kappa shape index (κ3) is 5.22. The number of aliphatic hydroxyl groups is 1. The number of hydrogen-bond donors (Lipinski definition) is 3. The fraction of sp³-hybridized carbons (Fsp3) is 0.737. The highest BCUT2D eigenvalue weighted by Crippen LogP contribution is 2.27. The van der Waals surface area contributed by atoms with Crippen molar-refractivity contribution in [2.75, 3.05) is 32.7 Å². The zero-order chi connectivity index (χ0) is 18.4. The van der Waals surface area contributed by atoms with Crippen LogP contribution >= 0.6 is 0 Å². The predicted octanol–water partition coefficient (Wildman–Crippen LogP) is 2.14. The summed E-state index contributed by atoms with van der Waals surface area (Å²) in [6.45, 7) is 14.0. The van der Waals surface area contributed by atoms with Gasteiger partial charge in [-0.05, 0) is 59.7 Å². The van der Waals surface area contributed by atoms with E-state index in [9.17, 15) is 5.11 Å². The molecular weight excluding hydrogens is 316 g/mol. The first-order chi connectivity index (χ1) is 11.9. The molecule has 2 rings (SSSR count). The topological polar surface area (TPSA) is 73.0 Å². The predicted molar refractivity (Wildman–Crippen MR) is 102 cm³/mol. The van der Waals surface area contributed by atoms with Gasteiger partial charge in [-0.25, -0.2) is 4.99 Å². The first-order valence-corrected chi connectivity index (χ1v) is 9.43. The lowest BCUT2D eigenvalue weighted by atomic mass is 9.96. The molecule has 1 fully saturated rings. The molecule has 0 aliphatic carbocycles. The van der Waals surface area contributed by atoms with Gasteiger partial charge in [0.2, 0.25) is 0 Å². The van der Waals surface area contributed by atoms with Crippen molar-refractivity contribution in [1.82, 2.24) is 15.5 Å². The van der Waals surface area contributed by atoms with E-state index in [2.05, 4.69) is 27.4 Å². The van der Waals surface area contributed by atoms with Crippen molar-refractivity contribution < 1.29 is 9.52 Å². The highest BCUT2D eigenvalue weighted by molar-refractivity contribution is 5.79. The van der Waals surface area contributed by atoms with Gasteiger partial charge in [-0.15, -0.1) is 0 Å². The van der Waals surface area contributed by atoms with Crippen LogP contribution in [-0.2, 0) is 5.60 Å². The summed E-state index contributed by atoms with van der Waals surface area (Å²) in [5, 5.41) is 17.5. The Balaban J connectivity index is 1.99. The van der Waals surface area contributed by atoms with E-state index in [0.717, 1.165) is 42.7 Å². The monoisotopic (exact) mass is 350 g/mol. The van der Waals surface area contributed by atoms with Gasteiger partial charge < -0.3 is 20.2 Å². The molecule has 1 aromatic rings. The summed E-state index contributed by atoms with van der Waals surface area (Å²) < 4.78 is 5.55. The summed E-state index contributed by atoms with van der Waals surface area (Å²) in [6, 6.07) is 2.45. The number of nitrogens with one attached hydrogen (secondary N) is 2. The maximum Gasteiger partial charge on any atom is 0.191 e. The second-order valence-corrected chi connectivity index (χ2v) is 7.10. The summed E-state index contributed by atoms with van der Waals surface area (Å²) in [6.07, 6.45) is 2.49. The lowest BCUT2D eigenvalue weighted by Crippen LogP contribution is -2.45. The van der Waals surface area contributed by atoms with E-state index in [-0.39, 0.29) is 6.54 Å². The Kier molecular flexibility index (Phi) is 6.90. The van der Waals surface area contributed by atoms with E-state index in [1.54, 1.807) is 6.92 Å². The molecular formula is C19H34N4O2. The minimum atomic E-state index is -1.05. The Bertz CT molecular complexity index is 580. The Morgan fingerprint density at radius 2 is 2.16 bits per heavy atom. The van der Waals surface area contributed by atoms with Gasteiger partial charge in [0.15, 0.2) is 5.96 Å². The lowest BCUT2D eigenvalue weighted by molar-refractivity contribution is 0.0657. The molecule has 6 heteroatoms. The highest BCUT2D eigenvalue weighted by atomic mass is 16.3. The third-order valence-electron chi connectivity index (χ3n) is 4.92. The standard InChI is InChI=1S/C19H34N4O2/c1-6-20-18(21-12-16-9-8-10-23(16)7-2)22-13-19(5,24)17-11-14(3)25-15(17)4/h11,16,24H,6-10,12-13H2,1-5H3,(H2,20,21,22). The van der Waals surface area contributed by atoms with Gasteiger partial charge in [-0.3, -0.25) is 4.90 Å². The first-order valence-electron chi connectivity index (χ1n) is 9.43. The van der Waals surface area contributed by atoms with Crippen LogP contribution < -0.4 is 10.6 Å². The zero-order valence-corrected chi connectivity index (χ0v) is 16.4. The Morgan fingerprint density at radius 1 is 1.40 bits per heavy atom. The number of guanidine groups is 1. The molecule has 2 atom stereocenters. The van der Waals surface area contributed by atoms with E-state index < -0.39 is 5.60 Å². The molecule has 2 heterocycles. The van der Waals surface area contributed by atoms with Crippen LogP contribution in [0.4, 0.5) is 0 Å². The number of aryl methyl sites for hydroxylation is 2. The maximum absolute atomic E-state index is 10.8. The minimum absolute atomic E-state index is 0.282. The fourth-order valence-electron chi connectivity index (χ4n) is 3.58. The molecule has 0 bridgehead atoms. The molecule has 2 unspecified atom stereocenters. The zero-order valence-electron chi connectivity index (χ0n) is 16.4. The Morgan fingerprint density at radius 3 is 2.76 bits per heavy atom. The van der Waals surface area contributed by atoms with Crippen LogP contribution in [0, 0.1) is 13.8 Å². The first kappa shape index (κ1) is 19.8. The molecule has 1 aromatic heterocycles. The summed E-state index contributed by atoms with van der Waals surface area (Å²) in [5.74, 6) is 2.31. The van der Waals surface area contributed by atoms with Crippen molar-refractivity contribution in [3.8, 4) is 0 Å². The van der Waals surface area contributed by atoms with E-state index in [1.807, 2.05) is 26.8 Å². The Labute approximate surface area is 151 Å². The van der Waals surface area contributed by atoms with Gasteiger partial charge in [-0.2, -0.15) is 0 Å². The average Bonchev–Trinajstić information content (AvgIpc) is 3.15. The quantitative estimate of drug-likeness (QED) is 0.519. The SMILES string of the molecule is CCNC(=NCC(C)(O)c1cc(C)oc1C)NCC1CCCN1CC.